The molecular formula is C21H25N5. The van der Waals surface area contributed by atoms with Crippen molar-refractivity contribution in [2.75, 3.05) is 37.8 Å². The van der Waals surface area contributed by atoms with Gasteiger partial charge in [0.2, 0.25) is 0 Å². The molecule has 2 N–H and O–H groups in total. The predicted molar refractivity (Wildman–Crippen MR) is 108 cm³/mol. The van der Waals surface area contributed by atoms with Crippen molar-refractivity contribution in [3.8, 4) is 11.4 Å². The number of rotatable bonds is 8. The van der Waals surface area contributed by atoms with Crippen LogP contribution in [0, 0.1) is 0 Å². The summed E-state index contributed by atoms with van der Waals surface area (Å²) in [5.74, 6) is 2.36. The van der Waals surface area contributed by atoms with Crippen LogP contribution in [0.2, 0.25) is 0 Å². The number of hydrogen-bond donors (Lipinski definition) is 2. The van der Waals surface area contributed by atoms with Crippen LogP contribution in [0.15, 0.2) is 66.7 Å². The summed E-state index contributed by atoms with van der Waals surface area (Å²) in [7, 11) is 4.12. The largest absolute Gasteiger partial charge is 0.369 e. The molecule has 2 aromatic carbocycles. The molecule has 3 aromatic rings. The van der Waals surface area contributed by atoms with E-state index in [4.69, 9.17) is 0 Å². The Kier molecular flexibility index (Phi) is 6.17. The first-order valence-corrected chi connectivity index (χ1v) is 8.81. The van der Waals surface area contributed by atoms with E-state index in [0.29, 0.717) is 0 Å². The van der Waals surface area contributed by atoms with Crippen LogP contribution in [0.25, 0.3) is 11.4 Å². The molecule has 0 saturated heterocycles. The van der Waals surface area contributed by atoms with E-state index in [2.05, 4.69) is 51.7 Å². The fourth-order valence-corrected chi connectivity index (χ4v) is 2.54. The third kappa shape index (κ3) is 5.29. The van der Waals surface area contributed by atoms with Crippen LogP contribution in [0.3, 0.4) is 0 Å². The summed E-state index contributed by atoms with van der Waals surface area (Å²) < 4.78 is 0. The molecule has 0 bridgehead atoms. The first-order valence-electron chi connectivity index (χ1n) is 8.81. The molecule has 0 aliphatic carbocycles. The molecule has 5 heteroatoms. The zero-order valence-corrected chi connectivity index (χ0v) is 15.3. The van der Waals surface area contributed by atoms with Crippen LogP contribution in [0.1, 0.15) is 5.56 Å². The predicted octanol–water partition coefficient (Wildman–Crippen LogP) is 3.73. The second kappa shape index (κ2) is 8.97. The first kappa shape index (κ1) is 17.9. The van der Waals surface area contributed by atoms with Crippen molar-refractivity contribution >= 4 is 11.6 Å². The highest BCUT2D eigenvalue weighted by Crippen LogP contribution is 2.20. The van der Waals surface area contributed by atoms with Crippen LogP contribution in [-0.4, -0.2) is 42.1 Å². The first-order chi connectivity index (χ1) is 12.7. The molecule has 134 valence electrons. The molecule has 0 amide bonds. The molecule has 0 unspecified atom stereocenters. The number of benzene rings is 2. The summed E-state index contributed by atoms with van der Waals surface area (Å²) in [6.07, 6.45) is 0. The van der Waals surface area contributed by atoms with Gasteiger partial charge in [-0.2, -0.15) is 0 Å². The Bertz CT molecular complexity index is 803. The van der Waals surface area contributed by atoms with Crippen molar-refractivity contribution in [2.24, 2.45) is 0 Å². The minimum absolute atomic E-state index is 0.719. The summed E-state index contributed by atoms with van der Waals surface area (Å²) in [6.45, 7) is 2.50. The van der Waals surface area contributed by atoms with Crippen molar-refractivity contribution in [1.29, 1.82) is 0 Å². The molecular weight excluding hydrogens is 322 g/mol. The zero-order chi connectivity index (χ0) is 18.2. The Morgan fingerprint density at radius 2 is 1.42 bits per heavy atom. The lowest BCUT2D eigenvalue weighted by atomic mass is 10.2. The summed E-state index contributed by atoms with van der Waals surface area (Å²) >= 11 is 0. The number of anilines is 2. The molecule has 1 aromatic heterocycles. The molecule has 0 spiro atoms. The van der Waals surface area contributed by atoms with Gasteiger partial charge in [0.15, 0.2) is 5.82 Å². The molecule has 0 aliphatic heterocycles. The Morgan fingerprint density at radius 3 is 2.08 bits per heavy atom. The molecule has 0 fully saturated rings. The van der Waals surface area contributed by atoms with Crippen LogP contribution >= 0.6 is 0 Å². The van der Waals surface area contributed by atoms with Gasteiger partial charge in [-0.3, -0.25) is 0 Å². The van der Waals surface area contributed by atoms with E-state index in [9.17, 15) is 0 Å². The lowest BCUT2D eigenvalue weighted by Crippen LogP contribution is -2.21. The molecule has 0 saturated carbocycles. The number of likely N-dealkylation sites (N-methyl/N-ethyl adjacent to an activating group) is 1. The van der Waals surface area contributed by atoms with E-state index in [1.165, 1.54) is 5.56 Å². The quantitative estimate of drug-likeness (QED) is 0.650. The van der Waals surface area contributed by atoms with Crippen LogP contribution in [-0.2, 0) is 6.54 Å². The highest BCUT2D eigenvalue weighted by Gasteiger charge is 2.07. The molecule has 3 rings (SSSR count). The molecule has 26 heavy (non-hydrogen) atoms. The monoisotopic (exact) mass is 347 g/mol. The van der Waals surface area contributed by atoms with Gasteiger partial charge in [-0.15, -0.1) is 0 Å². The van der Waals surface area contributed by atoms with Crippen LogP contribution < -0.4 is 10.6 Å². The number of hydrogen-bond acceptors (Lipinski definition) is 5. The molecule has 0 atom stereocenters. The Morgan fingerprint density at radius 1 is 0.808 bits per heavy atom. The normalized spacial score (nSPS) is 10.7. The van der Waals surface area contributed by atoms with E-state index in [1.807, 2.05) is 54.6 Å². The maximum atomic E-state index is 4.69. The lowest BCUT2D eigenvalue weighted by molar-refractivity contribution is 0.425. The number of nitrogens with zero attached hydrogens (tertiary/aromatic N) is 3. The van der Waals surface area contributed by atoms with Gasteiger partial charge in [0.1, 0.15) is 11.6 Å². The number of nitrogens with one attached hydrogen (secondary N) is 2. The maximum absolute atomic E-state index is 4.69. The minimum Gasteiger partial charge on any atom is -0.369 e. The standard InChI is InChI=1S/C21H25N5/c1-26(2)14-13-22-19-15-20(23-16-17-9-5-3-6-10-17)25-21(24-19)18-11-7-4-8-12-18/h3-12,15H,13-14,16H2,1-2H3,(H2,22,23,24,25). The van der Waals surface area contributed by atoms with E-state index >= 15 is 0 Å². The third-order valence-electron chi connectivity index (χ3n) is 3.94. The lowest BCUT2D eigenvalue weighted by Gasteiger charge is -2.13. The van der Waals surface area contributed by atoms with Crippen LogP contribution in [0.5, 0.6) is 0 Å². The molecule has 1 heterocycles. The van der Waals surface area contributed by atoms with E-state index in [0.717, 1.165) is 42.7 Å². The number of aromatic nitrogens is 2. The van der Waals surface area contributed by atoms with Crippen molar-refractivity contribution in [1.82, 2.24) is 14.9 Å². The highest BCUT2D eigenvalue weighted by molar-refractivity contribution is 5.61. The topological polar surface area (TPSA) is 53.1 Å². The highest BCUT2D eigenvalue weighted by atomic mass is 15.1. The Hall–Kier alpha value is -2.92. The van der Waals surface area contributed by atoms with E-state index in [1.54, 1.807) is 0 Å². The fraction of sp³-hybridized carbons (Fsp3) is 0.238. The zero-order valence-electron chi connectivity index (χ0n) is 15.3. The average molecular weight is 347 g/mol. The van der Waals surface area contributed by atoms with Gasteiger partial charge in [-0.25, -0.2) is 9.97 Å². The summed E-state index contributed by atoms with van der Waals surface area (Å²) in [4.78, 5) is 11.5. The van der Waals surface area contributed by atoms with Crippen molar-refractivity contribution in [2.45, 2.75) is 6.54 Å². The van der Waals surface area contributed by atoms with Gasteiger partial charge in [0.05, 0.1) is 0 Å². The molecule has 0 aliphatic rings. The molecule has 5 nitrogen and oxygen atoms in total. The second-order valence-electron chi connectivity index (χ2n) is 6.40. The van der Waals surface area contributed by atoms with E-state index in [-0.39, 0.29) is 0 Å². The Balaban J connectivity index is 1.80. The fourth-order valence-electron chi connectivity index (χ4n) is 2.54. The minimum atomic E-state index is 0.719. The van der Waals surface area contributed by atoms with Gasteiger partial charge in [-0.05, 0) is 19.7 Å². The third-order valence-corrected chi connectivity index (χ3v) is 3.94. The average Bonchev–Trinajstić information content (AvgIpc) is 2.67. The summed E-state index contributed by atoms with van der Waals surface area (Å²) in [5.41, 5.74) is 2.22. The van der Waals surface area contributed by atoms with Gasteiger partial charge in [-0.1, -0.05) is 60.7 Å². The van der Waals surface area contributed by atoms with Crippen molar-refractivity contribution in [3.63, 3.8) is 0 Å². The van der Waals surface area contributed by atoms with Crippen molar-refractivity contribution < 1.29 is 0 Å². The van der Waals surface area contributed by atoms with E-state index < -0.39 is 0 Å². The van der Waals surface area contributed by atoms with Gasteiger partial charge < -0.3 is 15.5 Å². The summed E-state index contributed by atoms with van der Waals surface area (Å²) in [5, 5.41) is 6.80. The Labute approximate surface area is 155 Å². The van der Waals surface area contributed by atoms with Gasteiger partial charge >= 0.3 is 0 Å². The van der Waals surface area contributed by atoms with Gasteiger partial charge in [0, 0.05) is 31.3 Å². The maximum Gasteiger partial charge on any atom is 0.163 e. The van der Waals surface area contributed by atoms with Crippen LogP contribution in [0.4, 0.5) is 11.6 Å². The molecule has 0 radical (unpaired) electrons. The summed E-state index contributed by atoms with van der Waals surface area (Å²) in [6, 6.07) is 22.3. The second-order valence-corrected chi connectivity index (χ2v) is 6.40. The van der Waals surface area contributed by atoms with Crippen molar-refractivity contribution in [3.05, 3.63) is 72.3 Å². The van der Waals surface area contributed by atoms with Gasteiger partial charge in [0.25, 0.3) is 0 Å². The smallest absolute Gasteiger partial charge is 0.163 e. The SMILES string of the molecule is CN(C)CCNc1cc(NCc2ccccc2)nc(-c2ccccc2)n1.